The Balaban J connectivity index is 2.24. The Morgan fingerprint density at radius 2 is 1.85 bits per heavy atom. The van der Waals surface area contributed by atoms with Gasteiger partial charge in [-0.15, -0.1) is 0 Å². The molecule has 0 radical (unpaired) electrons. The third-order valence-electron chi connectivity index (χ3n) is 2.49. The van der Waals surface area contributed by atoms with Crippen molar-refractivity contribution in [2.24, 2.45) is 5.18 Å². The fraction of sp³-hybridized carbons (Fsp3) is 0.133. The van der Waals surface area contributed by atoms with Gasteiger partial charge in [-0.25, -0.2) is 4.79 Å². The molecule has 0 unspecified atom stereocenters. The summed E-state index contributed by atoms with van der Waals surface area (Å²) in [6, 6.07) is 14.3. The number of benzene rings is 2. The number of esters is 1. The summed E-state index contributed by atoms with van der Waals surface area (Å²) in [6.45, 7) is 1.37. The number of carbonyl (C=O) groups excluding carboxylic acids is 1. The molecule has 2 aromatic rings. The zero-order chi connectivity index (χ0) is 14.4. The summed E-state index contributed by atoms with van der Waals surface area (Å²) in [5.74, 6) is 0.578. The molecular weight excluding hydrogens is 258 g/mol. The van der Waals surface area contributed by atoms with E-state index in [0.29, 0.717) is 11.5 Å². The number of nitrogens with zero attached hydrogens (tertiary/aromatic N) is 1. The molecule has 0 aliphatic carbocycles. The lowest BCUT2D eigenvalue weighted by Crippen LogP contribution is -2.11. The minimum Gasteiger partial charge on any atom is -0.453 e. The van der Waals surface area contributed by atoms with Crippen molar-refractivity contribution < 1.29 is 14.3 Å². The summed E-state index contributed by atoms with van der Waals surface area (Å²) in [7, 11) is 0. The van der Waals surface area contributed by atoms with Crippen molar-refractivity contribution in [3.8, 4) is 17.2 Å². The van der Waals surface area contributed by atoms with Crippen LogP contribution in [0.4, 0.5) is 0 Å². The van der Waals surface area contributed by atoms with Gasteiger partial charge in [0.2, 0.25) is 0 Å². The van der Waals surface area contributed by atoms with Crippen molar-refractivity contribution in [1.82, 2.24) is 0 Å². The van der Waals surface area contributed by atoms with E-state index < -0.39 is 12.5 Å². The van der Waals surface area contributed by atoms with Gasteiger partial charge in [0.05, 0.1) is 0 Å². The summed E-state index contributed by atoms with van der Waals surface area (Å²) in [4.78, 5) is 21.4. The van der Waals surface area contributed by atoms with Crippen LogP contribution in [0.2, 0.25) is 0 Å². The Labute approximate surface area is 116 Å². The Kier molecular flexibility index (Phi) is 4.44. The highest BCUT2D eigenvalue weighted by Crippen LogP contribution is 2.32. The van der Waals surface area contributed by atoms with Gasteiger partial charge in [0.1, 0.15) is 5.75 Å². The third-order valence-corrected chi connectivity index (χ3v) is 2.49. The molecule has 0 aromatic heterocycles. The van der Waals surface area contributed by atoms with Gasteiger partial charge in [-0.05, 0) is 36.8 Å². The van der Waals surface area contributed by atoms with Crippen molar-refractivity contribution in [2.75, 3.05) is 6.54 Å². The van der Waals surface area contributed by atoms with Gasteiger partial charge >= 0.3 is 5.97 Å². The van der Waals surface area contributed by atoms with E-state index in [4.69, 9.17) is 9.47 Å². The average Bonchev–Trinajstić information content (AvgIpc) is 2.43. The van der Waals surface area contributed by atoms with Gasteiger partial charge in [-0.2, -0.15) is 4.91 Å². The molecule has 5 heteroatoms. The lowest BCUT2D eigenvalue weighted by molar-refractivity contribution is -0.132. The number of hydrogen-bond acceptors (Lipinski definition) is 5. The lowest BCUT2D eigenvalue weighted by Gasteiger charge is -2.11. The van der Waals surface area contributed by atoms with Crippen molar-refractivity contribution >= 4 is 5.97 Å². The maximum atomic E-state index is 11.3. The topological polar surface area (TPSA) is 65.0 Å². The van der Waals surface area contributed by atoms with Gasteiger partial charge in [0.15, 0.2) is 18.0 Å². The first-order chi connectivity index (χ1) is 9.69. The summed E-state index contributed by atoms with van der Waals surface area (Å²) in [5, 5.41) is 2.50. The number of nitroso groups, excluding NO2 is 1. The average molecular weight is 271 g/mol. The van der Waals surface area contributed by atoms with Gasteiger partial charge in [0.25, 0.3) is 0 Å². The zero-order valence-corrected chi connectivity index (χ0v) is 10.9. The molecule has 0 fully saturated rings. The first-order valence-electron chi connectivity index (χ1n) is 6.02. The molecule has 2 aromatic carbocycles. The van der Waals surface area contributed by atoms with Crippen LogP contribution in [-0.2, 0) is 4.79 Å². The van der Waals surface area contributed by atoms with Crippen LogP contribution in [0.1, 0.15) is 5.56 Å². The second-order valence-electron chi connectivity index (χ2n) is 4.13. The van der Waals surface area contributed by atoms with E-state index in [9.17, 15) is 9.70 Å². The predicted molar refractivity (Wildman–Crippen MR) is 74.0 cm³/mol. The molecule has 2 rings (SSSR count). The van der Waals surface area contributed by atoms with Crippen LogP contribution in [0.15, 0.2) is 53.7 Å². The highest BCUT2D eigenvalue weighted by atomic mass is 16.6. The van der Waals surface area contributed by atoms with E-state index in [1.54, 1.807) is 30.3 Å². The van der Waals surface area contributed by atoms with Crippen molar-refractivity contribution in [2.45, 2.75) is 6.92 Å². The molecule has 20 heavy (non-hydrogen) atoms. The standard InChI is InChI=1S/C15H13NO4/c1-11-7-8-13(20-15(17)10-16-18)14(9-11)19-12-5-3-2-4-6-12/h2-9H,10H2,1H3. The zero-order valence-electron chi connectivity index (χ0n) is 10.9. The molecule has 0 bridgehead atoms. The minimum atomic E-state index is -0.721. The van der Waals surface area contributed by atoms with Crippen LogP contribution < -0.4 is 9.47 Å². The fourth-order valence-electron chi connectivity index (χ4n) is 1.60. The van der Waals surface area contributed by atoms with E-state index >= 15 is 0 Å². The van der Waals surface area contributed by atoms with Crippen molar-refractivity contribution in [1.29, 1.82) is 0 Å². The lowest BCUT2D eigenvalue weighted by atomic mass is 10.2. The summed E-state index contributed by atoms with van der Waals surface area (Å²) >= 11 is 0. The highest BCUT2D eigenvalue weighted by molar-refractivity contribution is 5.75. The van der Waals surface area contributed by atoms with Crippen LogP contribution in [0, 0.1) is 11.8 Å². The summed E-state index contributed by atoms with van der Waals surface area (Å²) in [6.07, 6.45) is 0. The maximum Gasteiger partial charge on any atom is 0.336 e. The molecule has 0 atom stereocenters. The molecular formula is C15H13NO4. The molecule has 0 aliphatic rings. The molecule has 0 N–H and O–H groups in total. The molecule has 102 valence electrons. The minimum absolute atomic E-state index is 0.258. The fourth-order valence-corrected chi connectivity index (χ4v) is 1.60. The van der Waals surface area contributed by atoms with Gasteiger partial charge in [-0.1, -0.05) is 29.4 Å². The van der Waals surface area contributed by atoms with Crippen LogP contribution in [0.3, 0.4) is 0 Å². The SMILES string of the molecule is Cc1ccc(OC(=O)CN=O)c(Oc2ccccc2)c1. The largest absolute Gasteiger partial charge is 0.453 e. The van der Waals surface area contributed by atoms with Gasteiger partial charge in [0, 0.05) is 0 Å². The molecule has 0 saturated carbocycles. The first kappa shape index (κ1) is 13.7. The molecule has 0 spiro atoms. The maximum absolute atomic E-state index is 11.3. The summed E-state index contributed by atoms with van der Waals surface area (Å²) in [5.41, 5.74) is 0.962. The molecule has 0 saturated heterocycles. The normalized spacial score (nSPS) is 9.85. The van der Waals surface area contributed by atoms with Crippen molar-refractivity contribution in [3.63, 3.8) is 0 Å². The monoisotopic (exact) mass is 271 g/mol. The van der Waals surface area contributed by atoms with Crippen LogP contribution in [-0.4, -0.2) is 12.5 Å². The summed E-state index contributed by atoms with van der Waals surface area (Å²) < 4.78 is 10.7. The first-order valence-corrected chi connectivity index (χ1v) is 6.02. The van der Waals surface area contributed by atoms with E-state index in [1.165, 1.54) is 0 Å². The van der Waals surface area contributed by atoms with E-state index in [0.717, 1.165) is 5.56 Å². The van der Waals surface area contributed by atoms with Crippen LogP contribution in [0.5, 0.6) is 17.2 Å². The Morgan fingerprint density at radius 1 is 1.10 bits per heavy atom. The van der Waals surface area contributed by atoms with Gasteiger partial charge < -0.3 is 9.47 Å². The quantitative estimate of drug-likeness (QED) is 0.474. The highest BCUT2D eigenvalue weighted by Gasteiger charge is 2.11. The Bertz CT molecular complexity index is 611. The smallest absolute Gasteiger partial charge is 0.336 e. The molecule has 0 heterocycles. The van der Waals surface area contributed by atoms with E-state index in [-0.39, 0.29) is 5.75 Å². The third kappa shape index (κ3) is 3.65. The number of hydrogen-bond donors (Lipinski definition) is 0. The number of aryl methyl sites for hydroxylation is 1. The molecule has 0 amide bonds. The van der Waals surface area contributed by atoms with Crippen LogP contribution >= 0.6 is 0 Å². The molecule has 0 aliphatic heterocycles. The Hall–Kier alpha value is -2.69. The van der Waals surface area contributed by atoms with E-state index in [1.807, 2.05) is 25.1 Å². The Morgan fingerprint density at radius 3 is 2.55 bits per heavy atom. The van der Waals surface area contributed by atoms with Crippen molar-refractivity contribution in [3.05, 3.63) is 59.0 Å². The number of rotatable bonds is 5. The predicted octanol–water partition coefficient (Wildman–Crippen LogP) is 3.46. The second-order valence-corrected chi connectivity index (χ2v) is 4.13. The van der Waals surface area contributed by atoms with Gasteiger partial charge in [-0.3, -0.25) is 0 Å². The number of carbonyl (C=O) groups is 1. The second kappa shape index (κ2) is 6.47. The number of ether oxygens (including phenoxy) is 2. The van der Waals surface area contributed by atoms with E-state index in [2.05, 4.69) is 5.18 Å². The van der Waals surface area contributed by atoms with Crippen LogP contribution in [0.25, 0.3) is 0 Å². The number of para-hydroxylation sites is 1. The molecule has 5 nitrogen and oxygen atoms in total.